The highest BCUT2D eigenvalue weighted by molar-refractivity contribution is 6.05. The van der Waals surface area contributed by atoms with Crippen LogP contribution in [-0.4, -0.2) is 38.1 Å². The van der Waals surface area contributed by atoms with Gasteiger partial charge in [0, 0.05) is 12.4 Å². The zero-order valence-corrected chi connectivity index (χ0v) is 11.5. The average molecular weight is 283 g/mol. The molecule has 8 nitrogen and oxygen atoms in total. The molecule has 0 bridgehead atoms. The van der Waals surface area contributed by atoms with E-state index in [1.807, 2.05) is 24.3 Å². The van der Waals surface area contributed by atoms with Crippen LogP contribution in [0.2, 0.25) is 0 Å². The SMILES string of the molecule is CNc1nc(C(=O)Nc2nnn(C)n2)cc2ccccc12. The number of fused-ring (bicyclic) bond motifs is 1. The fourth-order valence-corrected chi connectivity index (χ4v) is 2.01. The number of hydrogen-bond donors (Lipinski definition) is 2. The second-order valence-corrected chi connectivity index (χ2v) is 4.38. The number of hydrogen-bond acceptors (Lipinski definition) is 6. The largest absolute Gasteiger partial charge is 0.373 e. The first-order valence-corrected chi connectivity index (χ1v) is 6.30. The first-order chi connectivity index (χ1) is 10.2. The average Bonchev–Trinajstić information content (AvgIpc) is 2.91. The minimum atomic E-state index is -0.384. The summed E-state index contributed by atoms with van der Waals surface area (Å²) in [4.78, 5) is 17.8. The lowest BCUT2D eigenvalue weighted by Crippen LogP contribution is -2.15. The molecule has 0 spiro atoms. The maximum absolute atomic E-state index is 12.2. The molecular weight excluding hydrogens is 270 g/mol. The van der Waals surface area contributed by atoms with Gasteiger partial charge in [-0.1, -0.05) is 29.4 Å². The molecule has 0 saturated heterocycles. The number of amides is 1. The number of nitrogens with one attached hydrogen (secondary N) is 2. The highest BCUT2D eigenvalue weighted by atomic mass is 16.2. The van der Waals surface area contributed by atoms with Gasteiger partial charge in [0.25, 0.3) is 11.9 Å². The monoisotopic (exact) mass is 283 g/mol. The smallest absolute Gasteiger partial charge is 0.276 e. The molecule has 21 heavy (non-hydrogen) atoms. The van der Waals surface area contributed by atoms with Crippen molar-refractivity contribution in [3.63, 3.8) is 0 Å². The van der Waals surface area contributed by atoms with Crippen LogP contribution in [0.5, 0.6) is 0 Å². The van der Waals surface area contributed by atoms with Crippen LogP contribution in [0.1, 0.15) is 10.5 Å². The molecule has 3 aromatic rings. The molecule has 1 amide bonds. The predicted octanol–water partition coefficient (Wildman–Crippen LogP) is 1.05. The lowest BCUT2D eigenvalue weighted by molar-refractivity contribution is 0.102. The van der Waals surface area contributed by atoms with Crippen molar-refractivity contribution in [3.05, 3.63) is 36.0 Å². The van der Waals surface area contributed by atoms with Crippen molar-refractivity contribution < 1.29 is 4.79 Å². The first-order valence-electron chi connectivity index (χ1n) is 6.30. The van der Waals surface area contributed by atoms with E-state index < -0.39 is 0 Å². The summed E-state index contributed by atoms with van der Waals surface area (Å²) in [6, 6.07) is 9.43. The van der Waals surface area contributed by atoms with Gasteiger partial charge in [-0.25, -0.2) is 4.98 Å². The van der Waals surface area contributed by atoms with E-state index in [1.165, 1.54) is 4.80 Å². The maximum Gasteiger partial charge on any atom is 0.276 e. The second kappa shape index (κ2) is 5.16. The van der Waals surface area contributed by atoms with E-state index in [4.69, 9.17) is 0 Å². The molecular formula is C13H13N7O. The molecule has 2 aromatic heterocycles. The van der Waals surface area contributed by atoms with E-state index in [9.17, 15) is 4.79 Å². The standard InChI is InChI=1S/C13H13N7O/c1-14-11-9-6-4-3-5-8(9)7-10(15-11)12(21)16-13-17-19-20(2)18-13/h3-7H,1-2H3,(H,14,15)(H,16,18,21). The van der Waals surface area contributed by atoms with E-state index in [-0.39, 0.29) is 17.5 Å². The number of carbonyl (C=O) groups is 1. The number of aryl methyl sites for hydroxylation is 1. The minimum absolute atomic E-state index is 0.142. The van der Waals surface area contributed by atoms with Gasteiger partial charge in [0.1, 0.15) is 11.5 Å². The van der Waals surface area contributed by atoms with Gasteiger partial charge >= 0.3 is 0 Å². The van der Waals surface area contributed by atoms with Crippen LogP contribution >= 0.6 is 0 Å². The zero-order valence-electron chi connectivity index (χ0n) is 11.5. The second-order valence-electron chi connectivity index (χ2n) is 4.38. The van der Waals surface area contributed by atoms with Crippen molar-refractivity contribution in [1.29, 1.82) is 0 Å². The van der Waals surface area contributed by atoms with Crippen molar-refractivity contribution in [2.24, 2.45) is 7.05 Å². The van der Waals surface area contributed by atoms with E-state index >= 15 is 0 Å². The van der Waals surface area contributed by atoms with Gasteiger partial charge < -0.3 is 5.32 Å². The molecule has 2 N–H and O–H groups in total. The van der Waals surface area contributed by atoms with E-state index in [0.29, 0.717) is 5.82 Å². The van der Waals surface area contributed by atoms with Crippen molar-refractivity contribution in [1.82, 2.24) is 25.2 Å². The van der Waals surface area contributed by atoms with Crippen LogP contribution in [-0.2, 0) is 7.05 Å². The molecule has 8 heteroatoms. The van der Waals surface area contributed by atoms with Crippen LogP contribution in [0.15, 0.2) is 30.3 Å². The Morgan fingerprint density at radius 2 is 2.10 bits per heavy atom. The van der Waals surface area contributed by atoms with Gasteiger partial charge in [-0.05, 0) is 16.7 Å². The van der Waals surface area contributed by atoms with Crippen LogP contribution in [0, 0.1) is 0 Å². The Morgan fingerprint density at radius 1 is 1.29 bits per heavy atom. The molecule has 0 aliphatic heterocycles. The zero-order chi connectivity index (χ0) is 14.8. The molecule has 0 fully saturated rings. The number of rotatable bonds is 3. The number of aromatic nitrogens is 5. The van der Waals surface area contributed by atoms with Crippen LogP contribution < -0.4 is 10.6 Å². The number of benzene rings is 1. The highest BCUT2D eigenvalue weighted by Gasteiger charge is 2.13. The third kappa shape index (κ3) is 2.50. The molecule has 0 unspecified atom stereocenters. The summed E-state index contributed by atoms with van der Waals surface area (Å²) in [6.45, 7) is 0. The Kier molecular flexibility index (Phi) is 3.19. The van der Waals surface area contributed by atoms with E-state index in [2.05, 4.69) is 31.0 Å². The molecule has 0 saturated carbocycles. The van der Waals surface area contributed by atoms with Crippen molar-refractivity contribution in [2.45, 2.75) is 0 Å². The van der Waals surface area contributed by atoms with Crippen LogP contribution in [0.25, 0.3) is 10.8 Å². The Bertz CT molecular complexity index is 811. The molecule has 0 aliphatic rings. The van der Waals surface area contributed by atoms with Crippen molar-refractivity contribution in [3.8, 4) is 0 Å². The van der Waals surface area contributed by atoms with Crippen molar-refractivity contribution >= 4 is 28.4 Å². The van der Waals surface area contributed by atoms with Gasteiger partial charge in [-0.3, -0.25) is 10.1 Å². The fourth-order valence-electron chi connectivity index (χ4n) is 2.01. The van der Waals surface area contributed by atoms with Gasteiger partial charge in [-0.15, -0.1) is 5.10 Å². The number of nitrogens with zero attached hydrogens (tertiary/aromatic N) is 5. The Morgan fingerprint density at radius 3 is 2.81 bits per heavy atom. The molecule has 3 rings (SSSR count). The van der Waals surface area contributed by atoms with Crippen molar-refractivity contribution in [2.75, 3.05) is 17.7 Å². The summed E-state index contributed by atoms with van der Waals surface area (Å²) in [5.41, 5.74) is 0.283. The Balaban J connectivity index is 1.98. The van der Waals surface area contributed by atoms with Gasteiger partial charge in [0.15, 0.2) is 0 Å². The third-order valence-corrected chi connectivity index (χ3v) is 2.94. The molecule has 106 valence electrons. The lowest BCUT2D eigenvalue weighted by Gasteiger charge is -2.08. The van der Waals surface area contributed by atoms with Gasteiger partial charge in [0.2, 0.25) is 0 Å². The number of carbonyl (C=O) groups excluding carboxylic acids is 1. The van der Waals surface area contributed by atoms with Crippen LogP contribution in [0.3, 0.4) is 0 Å². The Labute approximate surface area is 120 Å². The number of tetrazole rings is 1. The number of anilines is 2. The minimum Gasteiger partial charge on any atom is -0.373 e. The summed E-state index contributed by atoms with van der Waals surface area (Å²) in [5.74, 6) is 0.402. The summed E-state index contributed by atoms with van der Waals surface area (Å²) in [5, 5.41) is 18.7. The lowest BCUT2D eigenvalue weighted by atomic mass is 10.1. The summed E-state index contributed by atoms with van der Waals surface area (Å²) >= 11 is 0. The third-order valence-electron chi connectivity index (χ3n) is 2.94. The van der Waals surface area contributed by atoms with Gasteiger partial charge in [-0.2, -0.15) is 4.80 Å². The quantitative estimate of drug-likeness (QED) is 0.745. The molecule has 0 radical (unpaired) electrons. The summed E-state index contributed by atoms with van der Waals surface area (Å²) < 4.78 is 0. The highest BCUT2D eigenvalue weighted by Crippen LogP contribution is 2.22. The molecule has 0 atom stereocenters. The Hall–Kier alpha value is -3.03. The molecule has 1 aromatic carbocycles. The molecule has 0 aliphatic carbocycles. The number of pyridine rings is 1. The van der Waals surface area contributed by atoms with Gasteiger partial charge in [0.05, 0.1) is 7.05 Å². The van der Waals surface area contributed by atoms with Crippen LogP contribution in [0.4, 0.5) is 11.8 Å². The summed E-state index contributed by atoms with van der Waals surface area (Å²) in [7, 11) is 3.39. The van der Waals surface area contributed by atoms with E-state index in [1.54, 1.807) is 20.2 Å². The summed E-state index contributed by atoms with van der Waals surface area (Å²) in [6.07, 6.45) is 0. The molecule has 2 heterocycles. The fraction of sp³-hybridized carbons (Fsp3) is 0.154. The normalized spacial score (nSPS) is 10.6. The first kappa shape index (κ1) is 13.0. The maximum atomic E-state index is 12.2. The predicted molar refractivity (Wildman–Crippen MR) is 78.0 cm³/mol. The van der Waals surface area contributed by atoms with E-state index in [0.717, 1.165) is 10.8 Å². The topological polar surface area (TPSA) is 97.6 Å².